The summed E-state index contributed by atoms with van der Waals surface area (Å²) in [5.41, 5.74) is 3.61. The molecule has 2 aromatic carbocycles. The van der Waals surface area contributed by atoms with Crippen LogP contribution in [0.5, 0.6) is 5.75 Å². The minimum Gasteiger partial charge on any atom is -0.493 e. The van der Waals surface area contributed by atoms with Crippen LogP contribution in [-0.4, -0.2) is 54.8 Å². The van der Waals surface area contributed by atoms with Crippen LogP contribution in [0.3, 0.4) is 0 Å². The van der Waals surface area contributed by atoms with Crippen molar-refractivity contribution < 1.29 is 9.13 Å². The van der Waals surface area contributed by atoms with Crippen LogP contribution in [0.25, 0.3) is 16.8 Å². The zero-order chi connectivity index (χ0) is 23.4. The van der Waals surface area contributed by atoms with Gasteiger partial charge in [-0.15, -0.1) is 0 Å². The molecule has 3 nitrogen and oxygen atoms in total. The van der Waals surface area contributed by atoms with Gasteiger partial charge in [0.15, 0.2) is 0 Å². The highest BCUT2D eigenvalue weighted by atomic mass is 19.1. The molecule has 4 heteroatoms. The Morgan fingerprint density at radius 2 is 1.58 bits per heavy atom. The molecule has 0 amide bonds. The predicted molar refractivity (Wildman–Crippen MR) is 136 cm³/mol. The van der Waals surface area contributed by atoms with Gasteiger partial charge in [-0.25, -0.2) is 4.39 Å². The number of benzene rings is 2. The van der Waals surface area contributed by atoms with E-state index >= 15 is 0 Å². The second-order valence-corrected chi connectivity index (χ2v) is 10.6. The second kappa shape index (κ2) is 10.3. The fraction of sp³-hybridized carbons (Fsp3) is 0.517. The molecule has 2 heterocycles. The van der Waals surface area contributed by atoms with E-state index in [0.29, 0.717) is 12.5 Å². The van der Waals surface area contributed by atoms with Gasteiger partial charge in [-0.05, 0) is 86.9 Å². The molecule has 1 unspecified atom stereocenters. The third-order valence-electron chi connectivity index (χ3n) is 7.00. The smallest absolute Gasteiger partial charge is 0.119 e. The maximum atomic E-state index is 13.9. The highest BCUT2D eigenvalue weighted by molar-refractivity contribution is 5.69. The van der Waals surface area contributed by atoms with Crippen LogP contribution in [0.1, 0.15) is 45.6 Å². The number of piperidine rings is 1. The molecule has 2 fully saturated rings. The monoisotopic (exact) mass is 450 g/mol. The number of nitrogens with zero attached hydrogens (tertiary/aromatic N) is 2. The summed E-state index contributed by atoms with van der Waals surface area (Å²) in [4.78, 5) is 4.63. The fourth-order valence-corrected chi connectivity index (χ4v) is 5.02. The Morgan fingerprint density at radius 1 is 0.970 bits per heavy atom. The lowest BCUT2D eigenvalue weighted by molar-refractivity contribution is 0.0836. The Balaban J connectivity index is 1.26. The van der Waals surface area contributed by atoms with Gasteiger partial charge in [0.05, 0.1) is 6.61 Å². The van der Waals surface area contributed by atoms with E-state index < -0.39 is 5.67 Å². The molecular weight excluding hydrogens is 411 g/mol. The van der Waals surface area contributed by atoms with Crippen LogP contribution in [0.15, 0.2) is 55.1 Å². The summed E-state index contributed by atoms with van der Waals surface area (Å²) in [6.45, 7) is 15.3. The summed E-state index contributed by atoms with van der Waals surface area (Å²) in [5, 5.41) is 0. The van der Waals surface area contributed by atoms with Crippen LogP contribution in [0.2, 0.25) is 0 Å². The van der Waals surface area contributed by atoms with Crippen molar-refractivity contribution in [1.29, 1.82) is 0 Å². The first-order valence-electron chi connectivity index (χ1n) is 12.5. The Bertz CT molecular complexity index is 908. The molecular formula is C29H39FN2O. The Labute approximate surface area is 199 Å². The molecule has 0 spiro atoms. The molecule has 33 heavy (non-hydrogen) atoms. The average Bonchev–Trinajstić information content (AvgIpc) is 3.24. The number of rotatable bonds is 8. The standard InChI is InChI=1S/C29H39FN2O/c1-22-13-18-32(19-22)23(2)25-5-7-26(8-6-25)27-9-11-28(12-10-27)33-20-24-14-16-31(17-15-24)21-29(3,4)30/h5-12,22,24H,2,13-21H2,1,3-4H3. The van der Waals surface area contributed by atoms with Crippen LogP contribution in [0.4, 0.5) is 4.39 Å². The van der Waals surface area contributed by atoms with Gasteiger partial charge in [-0.3, -0.25) is 0 Å². The molecule has 0 aliphatic carbocycles. The SMILES string of the molecule is C=C(c1ccc(-c2ccc(OCC3CCN(CC(C)(C)F)CC3)cc2)cc1)N1CCC(C)C1. The largest absolute Gasteiger partial charge is 0.493 e. The molecule has 0 bridgehead atoms. The van der Waals surface area contributed by atoms with Crippen LogP contribution >= 0.6 is 0 Å². The van der Waals surface area contributed by atoms with E-state index in [0.717, 1.165) is 63.0 Å². The summed E-state index contributed by atoms with van der Waals surface area (Å²) in [5.74, 6) is 2.21. The predicted octanol–water partition coefficient (Wildman–Crippen LogP) is 6.51. The summed E-state index contributed by atoms with van der Waals surface area (Å²) >= 11 is 0. The third-order valence-corrected chi connectivity index (χ3v) is 7.00. The average molecular weight is 451 g/mol. The van der Waals surface area contributed by atoms with Crippen molar-refractivity contribution in [2.75, 3.05) is 39.3 Å². The van der Waals surface area contributed by atoms with Crippen molar-refractivity contribution in [1.82, 2.24) is 9.80 Å². The van der Waals surface area contributed by atoms with Crippen LogP contribution < -0.4 is 4.74 Å². The van der Waals surface area contributed by atoms with Gasteiger partial charge in [-0.1, -0.05) is 49.9 Å². The molecule has 2 aliphatic heterocycles. The second-order valence-electron chi connectivity index (χ2n) is 10.6. The highest BCUT2D eigenvalue weighted by Gasteiger charge is 2.25. The maximum Gasteiger partial charge on any atom is 0.119 e. The lowest BCUT2D eigenvalue weighted by Gasteiger charge is -2.34. The number of hydrogen-bond acceptors (Lipinski definition) is 3. The molecule has 2 saturated heterocycles. The zero-order valence-corrected chi connectivity index (χ0v) is 20.5. The highest BCUT2D eigenvalue weighted by Crippen LogP contribution is 2.29. The number of likely N-dealkylation sites (tertiary alicyclic amines) is 2. The first-order chi connectivity index (χ1) is 15.8. The van der Waals surface area contributed by atoms with Gasteiger partial charge < -0.3 is 14.5 Å². The van der Waals surface area contributed by atoms with Gasteiger partial charge in [0, 0.05) is 25.3 Å². The Kier molecular flexibility index (Phi) is 7.43. The van der Waals surface area contributed by atoms with Crippen molar-refractivity contribution in [2.45, 2.75) is 45.7 Å². The molecule has 0 aromatic heterocycles. The summed E-state index contributed by atoms with van der Waals surface area (Å²) in [6, 6.07) is 17.1. The van der Waals surface area contributed by atoms with Crippen molar-refractivity contribution in [3.05, 3.63) is 60.7 Å². The van der Waals surface area contributed by atoms with Crippen molar-refractivity contribution in [3.63, 3.8) is 0 Å². The number of halogens is 1. The normalized spacial score (nSPS) is 20.2. The molecule has 0 N–H and O–H groups in total. The fourth-order valence-electron chi connectivity index (χ4n) is 5.02. The summed E-state index contributed by atoms with van der Waals surface area (Å²) < 4.78 is 19.9. The van der Waals surface area contributed by atoms with Gasteiger partial charge in [0.1, 0.15) is 11.4 Å². The van der Waals surface area contributed by atoms with Gasteiger partial charge >= 0.3 is 0 Å². The van der Waals surface area contributed by atoms with Gasteiger partial charge in [0.25, 0.3) is 0 Å². The molecule has 2 aromatic rings. The summed E-state index contributed by atoms with van der Waals surface area (Å²) in [7, 11) is 0. The van der Waals surface area contributed by atoms with E-state index in [1.54, 1.807) is 13.8 Å². The minimum atomic E-state index is -1.12. The van der Waals surface area contributed by atoms with Crippen LogP contribution in [-0.2, 0) is 0 Å². The molecule has 1 atom stereocenters. The summed E-state index contributed by atoms with van der Waals surface area (Å²) in [6.07, 6.45) is 3.40. The molecule has 2 aliphatic rings. The van der Waals surface area contributed by atoms with E-state index in [1.165, 1.54) is 23.1 Å². The maximum absolute atomic E-state index is 13.9. The molecule has 4 rings (SSSR count). The zero-order valence-electron chi connectivity index (χ0n) is 20.5. The van der Waals surface area contributed by atoms with E-state index in [4.69, 9.17) is 4.74 Å². The van der Waals surface area contributed by atoms with Gasteiger partial charge in [-0.2, -0.15) is 0 Å². The molecule has 178 valence electrons. The topological polar surface area (TPSA) is 15.7 Å². The lowest BCUT2D eigenvalue weighted by Crippen LogP contribution is -2.41. The van der Waals surface area contributed by atoms with E-state index in [2.05, 4.69) is 71.8 Å². The third kappa shape index (κ3) is 6.60. The van der Waals surface area contributed by atoms with Gasteiger partial charge in [0.2, 0.25) is 0 Å². The van der Waals surface area contributed by atoms with Crippen molar-refractivity contribution in [2.24, 2.45) is 11.8 Å². The molecule has 0 saturated carbocycles. The first-order valence-corrected chi connectivity index (χ1v) is 12.5. The number of ether oxygens (including phenoxy) is 1. The first kappa shape index (κ1) is 23.8. The number of hydrogen-bond donors (Lipinski definition) is 0. The van der Waals surface area contributed by atoms with E-state index in [-0.39, 0.29) is 0 Å². The Hall–Kier alpha value is -2.33. The molecule has 0 radical (unpaired) electrons. The van der Waals surface area contributed by atoms with Crippen molar-refractivity contribution in [3.8, 4) is 16.9 Å². The number of alkyl halides is 1. The van der Waals surface area contributed by atoms with Crippen molar-refractivity contribution >= 4 is 5.70 Å². The Morgan fingerprint density at radius 3 is 2.12 bits per heavy atom. The lowest BCUT2D eigenvalue weighted by atomic mass is 9.97. The minimum absolute atomic E-state index is 0.522. The quantitative estimate of drug-likeness (QED) is 0.456. The van der Waals surface area contributed by atoms with E-state index in [9.17, 15) is 4.39 Å². The van der Waals surface area contributed by atoms with E-state index in [1.807, 2.05) is 0 Å². The van der Waals surface area contributed by atoms with Crippen LogP contribution in [0, 0.1) is 11.8 Å².